The molecule has 0 saturated carbocycles. The summed E-state index contributed by atoms with van der Waals surface area (Å²) in [5.74, 6) is 5.35. The molecule has 5 aromatic heterocycles. The molecule has 4 radical (unpaired) electrons. The van der Waals surface area contributed by atoms with E-state index in [0.717, 1.165) is 110 Å². The van der Waals surface area contributed by atoms with E-state index in [1.54, 1.807) is 7.11 Å². The molecule has 1 aliphatic rings. The molecule has 6 heterocycles. The number of hydrogen-bond donors (Lipinski definition) is 0. The molecule has 0 saturated heterocycles. The van der Waals surface area contributed by atoms with Crippen LogP contribution < -0.4 is 9.47 Å². The monoisotopic (exact) mass is 2510 g/mol. The number of aromatic nitrogens is 8. The third-order valence-electron chi connectivity index (χ3n) is 25.4. The summed E-state index contributed by atoms with van der Waals surface area (Å²) >= 11 is 1.82. The van der Waals surface area contributed by atoms with E-state index >= 15 is 0 Å². The fourth-order valence-corrected chi connectivity index (χ4v) is 20.5. The molecule has 21 rings (SSSR count). The SMILES string of the molecule is COc1c[c-]c(-c2nccn2-c2c(C)cc(C)cc2C)cc1-c1c(C)cccc1C.Cc1c[c-]c(-c2nc(-c3c(C)cccc3C)cn2-c2c(C)cccc2C)cc1-c1c(C)cccc1C.Cc1cc(C)c(-n2c(-c3[c-]cc4sc5ccccc5c4c3)nc(-c3ccccc3)c2-c2ccccc2)c(C)c1.Cc1cccc(-c2ccccc2)c1-n1ccnc1-c1[c-]cc2c(c1)CCO2.[Ir].[Ir].[Ir].[Ir]. The molecule has 0 atom stereocenters. The first kappa shape index (κ1) is 99.5. The van der Waals surface area contributed by atoms with Crippen molar-refractivity contribution in [2.45, 2.75) is 117 Å². The molecule has 0 spiro atoms. The fraction of sp³-hybridized carbons (Fsp3) is 0.157. The molecule has 0 fully saturated rings. The minimum absolute atomic E-state index is 0. The van der Waals surface area contributed by atoms with E-state index in [1.165, 1.54) is 165 Å². The Balaban J connectivity index is 0.000000145. The molecule has 1 aliphatic heterocycles. The van der Waals surface area contributed by atoms with E-state index in [2.05, 4.69) is 425 Å². The smallest absolute Gasteiger partial charge is 0.0852 e. The predicted molar refractivity (Wildman–Crippen MR) is 548 cm³/mol. The van der Waals surface area contributed by atoms with Gasteiger partial charge in [0.1, 0.15) is 0 Å². The van der Waals surface area contributed by atoms with E-state index in [0.29, 0.717) is 0 Å². The number of benzene rings is 15. The van der Waals surface area contributed by atoms with Gasteiger partial charge in [-0.15, -0.1) is 101 Å². The molecule has 0 N–H and O–H groups in total. The summed E-state index contributed by atoms with van der Waals surface area (Å²) in [5.41, 5.74) is 43.3. The van der Waals surface area contributed by atoms with E-state index in [-0.39, 0.29) is 80.4 Å². The number of thiophene rings is 1. The zero-order chi connectivity index (χ0) is 91.7. The van der Waals surface area contributed by atoms with Gasteiger partial charge in [0.25, 0.3) is 0 Å². The van der Waals surface area contributed by atoms with Crippen LogP contribution >= 0.6 is 11.3 Å². The first-order chi connectivity index (χ1) is 64.0. The molecule has 0 aliphatic carbocycles. The van der Waals surface area contributed by atoms with Crippen molar-refractivity contribution in [1.29, 1.82) is 0 Å². The number of para-hydroxylation sites is 2. The Morgan fingerprint density at radius 1 is 0.338 bits per heavy atom. The Morgan fingerprint density at radius 2 is 0.787 bits per heavy atom. The number of imidazole rings is 4. The Bertz CT molecular complexity index is 7620. The molecule has 10 nitrogen and oxygen atoms in total. The number of fused-ring (bicyclic) bond motifs is 4. The van der Waals surface area contributed by atoms with Gasteiger partial charge in [-0.25, -0.2) is 0 Å². The normalized spacial score (nSPS) is 11.2. The van der Waals surface area contributed by atoms with Crippen LogP contribution in [0.25, 0.3) is 156 Å². The van der Waals surface area contributed by atoms with Gasteiger partial charge in [-0.3, -0.25) is 19.9 Å². The number of nitrogens with zero attached hydrogens (tertiary/aromatic N) is 8. The quantitative estimate of drug-likeness (QED) is 0.0950. The van der Waals surface area contributed by atoms with Crippen molar-refractivity contribution in [3.05, 3.63) is 429 Å². The Labute approximate surface area is 858 Å². The summed E-state index contributed by atoms with van der Waals surface area (Å²) < 4.78 is 22.8. The van der Waals surface area contributed by atoms with Crippen LogP contribution in [0.5, 0.6) is 11.5 Å². The predicted octanol–water partition coefficient (Wildman–Crippen LogP) is 30.6. The van der Waals surface area contributed by atoms with E-state index < -0.39 is 0 Å². The Kier molecular flexibility index (Phi) is 31.7. The maximum atomic E-state index is 5.69. The first-order valence-corrected chi connectivity index (χ1v) is 46.0. The van der Waals surface area contributed by atoms with Gasteiger partial charge in [0.15, 0.2) is 0 Å². The van der Waals surface area contributed by atoms with Crippen LogP contribution in [0.15, 0.2) is 310 Å². The molecule has 15 heteroatoms. The van der Waals surface area contributed by atoms with Gasteiger partial charge in [-0.1, -0.05) is 265 Å². The van der Waals surface area contributed by atoms with Gasteiger partial charge >= 0.3 is 0 Å². The van der Waals surface area contributed by atoms with Crippen molar-refractivity contribution < 1.29 is 89.9 Å². The first-order valence-electron chi connectivity index (χ1n) is 45.2. The van der Waals surface area contributed by atoms with E-state index in [4.69, 9.17) is 24.4 Å². The number of aryl methyl sites for hydroxylation is 16. The minimum Gasteiger partial charge on any atom is -0.539 e. The van der Waals surface area contributed by atoms with Crippen molar-refractivity contribution in [2.75, 3.05) is 13.7 Å². The maximum absolute atomic E-state index is 5.69. The second-order valence-corrected chi connectivity index (χ2v) is 36.0. The zero-order valence-electron chi connectivity index (χ0n) is 79.5. The van der Waals surface area contributed by atoms with Gasteiger partial charge < -0.3 is 27.7 Å². The third kappa shape index (κ3) is 20.1. The van der Waals surface area contributed by atoms with Crippen molar-refractivity contribution in [1.82, 2.24) is 38.2 Å². The summed E-state index contributed by atoms with van der Waals surface area (Å²) in [6.07, 6.45) is 10.9. The van der Waals surface area contributed by atoms with Crippen molar-refractivity contribution in [2.24, 2.45) is 0 Å². The van der Waals surface area contributed by atoms with Gasteiger partial charge in [0.05, 0.1) is 54.1 Å². The van der Waals surface area contributed by atoms with E-state index in [9.17, 15) is 0 Å². The summed E-state index contributed by atoms with van der Waals surface area (Å²) in [5, 5.41) is 2.53. The van der Waals surface area contributed by atoms with E-state index in [1.807, 2.05) is 54.3 Å². The minimum atomic E-state index is 0. The topological polar surface area (TPSA) is 89.7 Å². The van der Waals surface area contributed by atoms with Crippen molar-refractivity contribution in [3.8, 4) is 147 Å². The molecular weight excluding hydrogens is 2400 g/mol. The maximum Gasteiger partial charge on any atom is 0.0852 e. The van der Waals surface area contributed by atoms with Crippen molar-refractivity contribution in [3.63, 3.8) is 0 Å². The van der Waals surface area contributed by atoms with Crippen LogP contribution in [0, 0.1) is 135 Å². The second-order valence-electron chi connectivity index (χ2n) is 35.0. The van der Waals surface area contributed by atoms with Crippen LogP contribution in [0.2, 0.25) is 0 Å². The second kappa shape index (κ2) is 43.3. The van der Waals surface area contributed by atoms with Crippen LogP contribution in [0.3, 0.4) is 0 Å². The molecule has 136 heavy (non-hydrogen) atoms. The fourth-order valence-electron chi connectivity index (χ4n) is 19.5. The summed E-state index contributed by atoms with van der Waals surface area (Å²) in [6.45, 7) is 35.4. The average molecular weight is 2510 g/mol. The third-order valence-corrected chi connectivity index (χ3v) is 26.5. The Morgan fingerprint density at radius 3 is 1.37 bits per heavy atom. The van der Waals surface area contributed by atoms with Crippen LogP contribution in [0.4, 0.5) is 0 Å². The number of methoxy groups -OCH3 is 1. The number of ether oxygens (including phenoxy) is 2. The van der Waals surface area contributed by atoms with Gasteiger partial charge in [0, 0.05) is 167 Å². The molecule has 0 bridgehead atoms. The standard InChI is InChI=1S/C36H27N2S.C34H33N2.C27H27N2O.C24H19N2O.4Ir/c1-23-20-24(2)34(25(3)21-23)38-35(27-14-8-5-9-15-27)33(26-12-6-4-7-13-26)37-36(38)28-18-19-32-30(22-28)29-16-10-11-17-31(29)39-32;1-21-17-18-28(19-29(21)31-22(2)11-8-12-23(31)3)34-35-30(32-24(4)13-9-14-25(32)5)20-36(34)33-26(6)15-10-16-27(33)7;1-17-14-20(4)26(21(5)15-17)29-13-12-28-27(29)22-10-11-24(30-6)23(16-22)25-18(2)8-7-9-19(25)3;1-17-6-5-9-21(18-7-3-2-4-8-18)23(17)26-14-13-25-24(26)20-10-11-22-19(16-20)12-15-27-22;;;;/h4-17,19-22H,1-3H3;8-17,19-20H,1-7H3;7-9,11-16H,1-6H3;2-9,11,13-14,16H,12,15H2,1H3;;;;/q4*-1;;;;. The Hall–Kier alpha value is -12.4. The largest absolute Gasteiger partial charge is 0.539 e. The summed E-state index contributed by atoms with van der Waals surface area (Å²) in [6, 6.07) is 112. The van der Waals surface area contributed by atoms with Gasteiger partial charge in [0.2, 0.25) is 0 Å². The molecule has 0 unspecified atom stereocenters. The summed E-state index contributed by atoms with van der Waals surface area (Å²) in [7, 11) is 1.71. The number of hydrogen-bond acceptors (Lipinski definition) is 7. The molecule has 20 aromatic rings. The van der Waals surface area contributed by atoms with Crippen molar-refractivity contribution >= 4 is 31.5 Å². The van der Waals surface area contributed by atoms with Crippen LogP contribution in [-0.2, 0) is 86.8 Å². The average Bonchev–Trinajstić information content (AvgIpc) is 1.59. The zero-order valence-corrected chi connectivity index (χ0v) is 89.9. The van der Waals surface area contributed by atoms with Gasteiger partial charge in [-0.05, 0) is 221 Å². The molecule has 688 valence electrons. The number of rotatable bonds is 15. The molecular formula is C121H106Ir4N8O2S-4. The van der Waals surface area contributed by atoms with Crippen LogP contribution in [-0.4, -0.2) is 51.9 Å². The molecule has 15 aromatic carbocycles. The molecule has 0 amide bonds. The van der Waals surface area contributed by atoms with Gasteiger partial charge in [-0.2, -0.15) is 11.3 Å². The van der Waals surface area contributed by atoms with Crippen LogP contribution in [0.1, 0.15) is 94.6 Å². The summed E-state index contributed by atoms with van der Waals surface area (Å²) in [4.78, 5) is 20.0.